The monoisotopic (exact) mass is 405 g/mol. The van der Waals surface area contributed by atoms with Gasteiger partial charge in [-0.1, -0.05) is 6.07 Å². The van der Waals surface area contributed by atoms with Crippen LogP contribution in [0.2, 0.25) is 0 Å². The summed E-state index contributed by atoms with van der Waals surface area (Å²) in [6.45, 7) is -0.0468. The fourth-order valence-electron chi connectivity index (χ4n) is 3.86. The molecule has 2 bridgehead atoms. The maximum Gasteiger partial charge on any atom is 0.291 e. The van der Waals surface area contributed by atoms with Gasteiger partial charge in [-0.15, -0.1) is 12.4 Å². The number of rotatable bonds is 6. The Morgan fingerprint density at radius 2 is 1.93 bits per heavy atom. The molecule has 4 rings (SSSR count). The predicted octanol–water partition coefficient (Wildman–Crippen LogP) is 2.73. The van der Waals surface area contributed by atoms with E-state index in [2.05, 4.69) is 16.0 Å². The van der Waals surface area contributed by atoms with Crippen molar-refractivity contribution < 1.29 is 18.7 Å². The molecule has 2 aromatic rings. The predicted molar refractivity (Wildman–Crippen MR) is 107 cm³/mol. The molecule has 0 radical (unpaired) electrons. The highest BCUT2D eigenvalue weighted by atomic mass is 35.5. The molecule has 2 aliphatic heterocycles. The summed E-state index contributed by atoms with van der Waals surface area (Å²) in [6.07, 6.45) is 5.81. The van der Waals surface area contributed by atoms with Crippen molar-refractivity contribution in [2.75, 3.05) is 11.9 Å². The fourth-order valence-corrected chi connectivity index (χ4v) is 3.86. The summed E-state index contributed by atoms with van der Waals surface area (Å²) < 4.78 is 10.7. The third-order valence-corrected chi connectivity index (χ3v) is 5.04. The zero-order valence-corrected chi connectivity index (χ0v) is 16.2. The summed E-state index contributed by atoms with van der Waals surface area (Å²) >= 11 is 0. The minimum Gasteiger partial charge on any atom is -0.484 e. The van der Waals surface area contributed by atoms with E-state index in [9.17, 15) is 9.59 Å². The maximum absolute atomic E-state index is 12.2. The number of benzene rings is 1. The van der Waals surface area contributed by atoms with E-state index in [4.69, 9.17) is 9.15 Å². The standard InChI is InChI=1S/C20H23N3O4.ClH/c24-19(22-16-9-14-6-7-15(10-16)21-14)12-27-17-4-1-3-13(11-17)23-20(25)18-5-2-8-26-18;/h1-5,8,11,14-16,21H,6-7,9-10,12H2,(H,22,24)(H,23,25);1H. The summed E-state index contributed by atoms with van der Waals surface area (Å²) in [6, 6.07) is 11.5. The SMILES string of the molecule is Cl.O=C(COc1cccc(NC(=O)c2ccco2)c1)NC1CC2CCC(C1)N2. The zero-order valence-electron chi connectivity index (χ0n) is 15.4. The van der Waals surface area contributed by atoms with Crippen LogP contribution >= 0.6 is 12.4 Å². The topological polar surface area (TPSA) is 92.6 Å². The van der Waals surface area contributed by atoms with Crippen molar-refractivity contribution in [2.45, 2.75) is 43.8 Å². The second-order valence-electron chi connectivity index (χ2n) is 7.12. The van der Waals surface area contributed by atoms with Crippen molar-refractivity contribution in [3.8, 4) is 5.75 Å². The van der Waals surface area contributed by atoms with Gasteiger partial charge in [-0.2, -0.15) is 0 Å². The van der Waals surface area contributed by atoms with Crippen LogP contribution in [0.25, 0.3) is 0 Å². The first-order valence-corrected chi connectivity index (χ1v) is 9.29. The van der Waals surface area contributed by atoms with Crippen LogP contribution < -0.4 is 20.7 Å². The van der Waals surface area contributed by atoms with Crippen molar-refractivity contribution in [3.05, 3.63) is 48.4 Å². The molecule has 2 aliphatic rings. The number of halogens is 1. The van der Waals surface area contributed by atoms with E-state index in [1.807, 2.05) is 0 Å². The highest BCUT2D eigenvalue weighted by Crippen LogP contribution is 2.26. The Hall–Kier alpha value is -2.51. The van der Waals surface area contributed by atoms with Gasteiger partial charge >= 0.3 is 0 Å². The molecule has 2 unspecified atom stereocenters. The average molecular weight is 406 g/mol. The third-order valence-electron chi connectivity index (χ3n) is 5.04. The molecular weight excluding hydrogens is 382 g/mol. The van der Waals surface area contributed by atoms with Crippen LogP contribution in [0, 0.1) is 0 Å². The smallest absolute Gasteiger partial charge is 0.291 e. The van der Waals surface area contributed by atoms with E-state index in [1.54, 1.807) is 36.4 Å². The van der Waals surface area contributed by atoms with E-state index < -0.39 is 0 Å². The number of carbonyl (C=O) groups is 2. The molecule has 2 fully saturated rings. The fraction of sp³-hybridized carbons (Fsp3) is 0.400. The molecule has 2 amide bonds. The van der Waals surface area contributed by atoms with E-state index in [0.29, 0.717) is 23.5 Å². The lowest BCUT2D eigenvalue weighted by Gasteiger charge is -2.29. The molecule has 3 heterocycles. The van der Waals surface area contributed by atoms with Gasteiger partial charge in [0.05, 0.1) is 6.26 Å². The number of fused-ring (bicyclic) bond motifs is 2. The van der Waals surface area contributed by atoms with E-state index in [1.165, 1.54) is 19.1 Å². The molecule has 2 atom stereocenters. The Balaban J connectivity index is 0.00000225. The minimum atomic E-state index is -0.338. The Labute approximate surface area is 169 Å². The Morgan fingerprint density at radius 1 is 1.14 bits per heavy atom. The normalized spacial score (nSPS) is 22.8. The molecule has 8 heteroatoms. The maximum atomic E-state index is 12.2. The summed E-state index contributed by atoms with van der Waals surface area (Å²) in [5.41, 5.74) is 0.573. The van der Waals surface area contributed by atoms with Gasteiger partial charge in [0, 0.05) is 29.9 Å². The van der Waals surface area contributed by atoms with Gasteiger partial charge in [0.1, 0.15) is 5.75 Å². The van der Waals surface area contributed by atoms with Gasteiger partial charge in [-0.05, 0) is 49.9 Å². The first-order chi connectivity index (χ1) is 13.2. The van der Waals surface area contributed by atoms with Gasteiger partial charge in [0.25, 0.3) is 11.8 Å². The quantitative estimate of drug-likeness (QED) is 0.687. The number of hydrogen-bond acceptors (Lipinski definition) is 5. The van der Waals surface area contributed by atoms with Crippen LogP contribution in [-0.4, -0.2) is 36.5 Å². The van der Waals surface area contributed by atoms with Crippen LogP contribution in [0.15, 0.2) is 47.1 Å². The van der Waals surface area contributed by atoms with Crippen LogP contribution in [-0.2, 0) is 4.79 Å². The highest BCUT2D eigenvalue weighted by molar-refractivity contribution is 6.02. The van der Waals surface area contributed by atoms with E-state index in [-0.39, 0.29) is 42.6 Å². The number of hydrogen-bond donors (Lipinski definition) is 3. The first-order valence-electron chi connectivity index (χ1n) is 9.29. The number of piperidine rings is 1. The van der Waals surface area contributed by atoms with Crippen molar-refractivity contribution in [3.63, 3.8) is 0 Å². The molecule has 0 saturated carbocycles. The van der Waals surface area contributed by atoms with E-state index in [0.717, 1.165) is 12.8 Å². The first kappa shape index (κ1) is 20.2. The van der Waals surface area contributed by atoms with Crippen molar-refractivity contribution in [1.82, 2.24) is 10.6 Å². The molecule has 7 nitrogen and oxygen atoms in total. The summed E-state index contributed by atoms with van der Waals surface area (Å²) in [5, 5.41) is 9.36. The third kappa shape index (κ3) is 5.05. The number of ether oxygens (including phenoxy) is 1. The molecule has 1 aromatic heterocycles. The van der Waals surface area contributed by atoms with Gasteiger partial charge in [0.2, 0.25) is 0 Å². The molecule has 150 valence electrons. The number of anilines is 1. The number of carbonyl (C=O) groups excluding carboxylic acids is 2. The highest BCUT2D eigenvalue weighted by Gasteiger charge is 2.33. The molecule has 2 saturated heterocycles. The van der Waals surface area contributed by atoms with Crippen molar-refractivity contribution in [1.29, 1.82) is 0 Å². The summed E-state index contributed by atoms with van der Waals surface area (Å²) in [7, 11) is 0. The Bertz CT molecular complexity index is 800. The molecule has 1 aromatic carbocycles. The van der Waals surface area contributed by atoms with Gasteiger partial charge in [-0.3, -0.25) is 9.59 Å². The minimum absolute atomic E-state index is 0. The lowest BCUT2D eigenvalue weighted by atomic mass is 10.00. The average Bonchev–Trinajstić information content (AvgIpc) is 3.30. The Kier molecular flexibility index (Phi) is 6.59. The zero-order chi connectivity index (χ0) is 18.6. The lowest BCUT2D eigenvalue weighted by Crippen LogP contribution is -2.48. The van der Waals surface area contributed by atoms with Gasteiger partial charge in [0.15, 0.2) is 12.4 Å². The molecule has 3 N–H and O–H groups in total. The summed E-state index contributed by atoms with van der Waals surface area (Å²) in [5.74, 6) is 0.297. The van der Waals surface area contributed by atoms with Crippen LogP contribution in [0.1, 0.15) is 36.2 Å². The van der Waals surface area contributed by atoms with E-state index >= 15 is 0 Å². The molecule has 0 aliphatic carbocycles. The van der Waals surface area contributed by atoms with Crippen LogP contribution in [0.5, 0.6) is 5.75 Å². The largest absolute Gasteiger partial charge is 0.484 e. The number of amides is 2. The van der Waals surface area contributed by atoms with Gasteiger partial charge in [-0.25, -0.2) is 0 Å². The molecular formula is C20H24ClN3O4. The second kappa shape index (κ2) is 9.12. The van der Waals surface area contributed by atoms with Crippen LogP contribution in [0.3, 0.4) is 0 Å². The number of furan rings is 1. The summed E-state index contributed by atoms with van der Waals surface area (Å²) in [4.78, 5) is 24.2. The van der Waals surface area contributed by atoms with Crippen molar-refractivity contribution in [2.24, 2.45) is 0 Å². The van der Waals surface area contributed by atoms with Crippen molar-refractivity contribution >= 4 is 29.9 Å². The second-order valence-corrected chi connectivity index (χ2v) is 7.12. The molecule has 28 heavy (non-hydrogen) atoms. The lowest BCUT2D eigenvalue weighted by molar-refractivity contribution is -0.124. The van der Waals surface area contributed by atoms with Gasteiger partial charge < -0.3 is 25.1 Å². The Morgan fingerprint density at radius 3 is 2.64 bits per heavy atom. The molecule has 0 spiro atoms. The van der Waals surface area contributed by atoms with Crippen LogP contribution in [0.4, 0.5) is 5.69 Å². The number of nitrogens with one attached hydrogen (secondary N) is 3.